The molecule has 0 aliphatic carbocycles. The van der Waals surface area contributed by atoms with Crippen LogP contribution in [0.4, 0.5) is 4.79 Å². The number of rotatable bonds is 5. The van der Waals surface area contributed by atoms with Gasteiger partial charge in [0.25, 0.3) is 6.16 Å². The highest BCUT2D eigenvalue weighted by atomic mass is 16.7. The first-order valence-corrected chi connectivity index (χ1v) is 3.05. The third-order valence-electron chi connectivity index (χ3n) is 1.11. The summed E-state index contributed by atoms with van der Waals surface area (Å²) in [4.78, 5) is 35.0. The monoisotopic (exact) mass is 224 g/mol. The fourth-order valence-electron chi connectivity index (χ4n) is 0.597. The van der Waals surface area contributed by atoms with Crippen molar-refractivity contribution in [2.45, 2.75) is 12.4 Å². The summed E-state index contributed by atoms with van der Waals surface area (Å²) in [5.41, 5.74) is 0. The highest BCUT2D eigenvalue weighted by molar-refractivity contribution is 5.54. The predicted octanol–water partition coefficient (Wildman–Crippen LogP) is -2.17. The van der Waals surface area contributed by atoms with Gasteiger partial charge < -0.3 is 14.6 Å². The standard InChI is InChI=1S/C3H3N3O9/c7-3(8)15-2(6(13)14)1(4(9)10)5(11)12/h1-2H,(H,7,8)/p-1. The Morgan fingerprint density at radius 2 is 1.40 bits per heavy atom. The SMILES string of the molecule is O=C([O-])OC(C([N+](=O)[O-])[N+](=O)[O-])[N+](=O)[O-]. The molecule has 0 N–H and O–H groups in total. The van der Waals surface area contributed by atoms with E-state index in [0.717, 1.165) is 0 Å². The van der Waals surface area contributed by atoms with Crippen LogP contribution >= 0.6 is 0 Å². The highest BCUT2D eigenvalue weighted by Crippen LogP contribution is 2.05. The molecule has 0 bridgehead atoms. The first kappa shape index (κ1) is 12.5. The number of carboxylic acid groups (broad SMARTS) is 1. The zero-order valence-electron chi connectivity index (χ0n) is 6.67. The van der Waals surface area contributed by atoms with Crippen molar-refractivity contribution >= 4 is 6.16 Å². The van der Waals surface area contributed by atoms with Crippen molar-refractivity contribution in [2.75, 3.05) is 0 Å². The van der Waals surface area contributed by atoms with Gasteiger partial charge in [-0.1, -0.05) is 0 Å². The Labute approximate surface area is 79.5 Å². The number of hydrogen-bond acceptors (Lipinski definition) is 9. The van der Waals surface area contributed by atoms with E-state index in [1.165, 1.54) is 0 Å². The summed E-state index contributed by atoms with van der Waals surface area (Å²) >= 11 is 0. The Kier molecular flexibility index (Phi) is 3.85. The molecule has 0 heterocycles. The summed E-state index contributed by atoms with van der Waals surface area (Å²) in [5.74, 6) is 0. The molecule has 0 saturated heterocycles. The molecule has 0 aromatic carbocycles. The van der Waals surface area contributed by atoms with Crippen molar-refractivity contribution in [3.63, 3.8) is 0 Å². The molecular formula is C3H2N3O9-. The van der Waals surface area contributed by atoms with E-state index in [-0.39, 0.29) is 0 Å². The first-order chi connectivity index (χ1) is 6.77. The second-order valence-corrected chi connectivity index (χ2v) is 2.03. The fraction of sp³-hybridized carbons (Fsp3) is 0.667. The maximum absolute atomic E-state index is 10.1. The van der Waals surface area contributed by atoms with Crippen LogP contribution < -0.4 is 5.11 Å². The van der Waals surface area contributed by atoms with Gasteiger partial charge in [-0.15, -0.1) is 0 Å². The van der Waals surface area contributed by atoms with Crippen molar-refractivity contribution in [2.24, 2.45) is 0 Å². The zero-order valence-corrected chi connectivity index (χ0v) is 6.67. The predicted molar refractivity (Wildman–Crippen MR) is 35.0 cm³/mol. The third-order valence-corrected chi connectivity index (χ3v) is 1.11. The van der Waals surface area contributed by atoms with Crippen LogP contribution in [-0.2, 0) is 4.74 Å². The van der Waals surface area contributed by atoms with Crippen LogP contribution in [0.25, 0.3) is 0 Å². The van der Waals surface area contributed by atoms with Crippen LogP contribution in [0.2, 0.25) is 0 Å². The minimum absolute atomic E-state index is 1.61. The normalized spacial score (nSPS) is 11.8. The van der Waals surface area contributed by atoms with Crippen molar-refractivity contribution in [1.29, 1.82) is 0 Å². The summed E-state index contributed by atoms with van der Waals surface area (Å²) in [6.45, 7) is 0. The number of hydrogen-bond donors (Lipinski definition) is 0. The minimum atomic E-state index is -3.02. The lowest BCUT2D eigenvalue weighted by Crippen LogP contribution is -2.49. The van der Waals surface area contributed by atoms with E-state index < -0.39 is 33.3 Å². The summed E-state index contributed by atoms with van der Waals surface area (Å²) < 4.78 is 3.32. The molecule has 0 aliphatic heterocycles. The van der Waals surface area contributed by atoms with Gasteiger partial charge >= 0.3 is 12.4 Å². The molecule has 0 saturated carbocycles. The second-order valence-electron chi connectivity index (χ2n) is 2.03. The molecule has 0 amide bonds. The van der Waals surface area contributed by atoms with E-state index in [9.17, 15) is 40.2 Å². The maximum atomic E-state index is 10.1. The van der Waals surface area contributed by atoms with Gasteiger partial charge in [0, 0.05) is 0 Å². The Hall–Kier alpha value is -2.53. The zero-order chi connectivity index (χ0) is 12.2. The van der Waals surface area contributed by atoms with E-state index in [4.69, 9.17) is 0 Å². The first-order valence-electron chi connectivity index (χ1n) is 3.05. The van der Waals surface area contributed by atoms with Crippen LogP contribution in [0.1, 0.15) is 0 Å². The van der Waals surface area contributed by atoms with Crippen molar-refractivity contribution in [1.82, 2.24) is 0 Å². The van der Waals surface area contributed by atoms with E-state index in [2.05, 4.69) is 4.74 Å². The smallest absolute Gasteiger partial charge is 0.476 e. The highest BCUT2D eigenvalue weighted by Gasteiger charge is 2.51. The molecule has 1 unspecified atom stereocenters. The van der Waals surface area contributed by atoms with Crippen LogP contribution in [0.3, 0.4) is 0 Å². The lowest BCUT2D eigenvalue weighted by molar-refractivity contribution is -0.798. The summed E-state index contributed by atoms with van der Waals surface area (Å²) in [5, 5.41) is 39.9. The van der Waals surface area contributed by atoms with Crippen molar-refractivity contribution < 1.29 is 29.4 Å². The summed E-state index contributed by atoms with van der Waals surface area (Å²) in [6.07, 6.45) is -8.43. The molecule has 0 aromatic heterocycles. The van der Waals surface area contributed by atoms with Gasteiger partial charge in [0.2, 0.25) is 0 Å². The molecular weight excluding hydrogens is 222 g/mol. The molecule has 15 heavy (non-hydrogen) atoms. The van der Waals surface area contributed by atoms with E-state index in [0.29, 0.717) is 0 Å². The third kappa shape index (κ3) is 3.37. The average Bonchev–Trinajstić information content (AvgIpc) is 2.00. The molecule has 0 aliphatic rings. The number of nitrogens with zero attached hydrogens (tertiary/aromatic N) is 3. The van der Waals surface area contributed by atoms with Crippen molar-refractivity contribution in [3.8, 4) is 0 Å². The van der Waals surface area contributed by atoms with Gasteiger partial charge in [-0.2, -0.15) is 0 Å². The Morgan fingerprint density at radius 1 is 1.00 bits per heavy atom. The van der Waals surface area contributed by atoms with Crippen LogP contribution in [0.5, 0.6) is 0 Å². The largest absolute Gasteiger partial charge is 0.535 e. The number of carbonyl (C=O) groups excluding carboxylic acids is 1. The van der Waals surface area contributed by atoms with Crippen LogP contribution in [-0.4, -0.2) is 33.3 Å². The maximum Gasteiger partial charge on any atom is 0.535 e. The fourth-order valence-corrected chi connectivity index (χ4v) is 0.597. The molecule has 1 atom stereocenters. The van der Waals surface area contributed by atoms with E-state index in [1.54, 1.807) is 0 Å². The van der Waals surface area contributed by atoms with Crippen molar-refractivity contribution in [3.05, 3.63) is 30.3 Å². The van der Waals surface area contributed by atoms with Gasteiger partial charge in [0.05, 0.1) is 4.92 Å². The number of nitro groups is 3. The molecule has 0 radical (unpaired) electrons. The Morgan fingerprint density at radius 3 is 1.60 bits per heavy atom. The molecule has 0 rings (SSSR count). The summed E-state index contributed by atoms with van der Waals surface area (Å²) in [6, 6.07) is 0. The van der Waals surface area contributed by atoms with E-state index >= 15 is 0 Å². The van der Waals surface area contributed by atoms with E-state index in [1.807, 2.05) is 0 Å². The van der Waals surface area contributed by atoms with Gasteiger partial charge in [-0.25, -0.2) is 0 Å². The molecule has 0 spiro atoms. The quantitative estimate of drug-likeness (QED) is 0.217. The lowest BCUT2D eigenvalue weighted by Gasteiger charge is -2.12. The molecule has 12 heteroatoms. The molecule has 12 nitrogen and oxygen atoms in total. The molecule has 0 aromatic rings. The minimum Gasteiger partial charge on any atom is -0.476 e. The Bertz CT molecular complexity index is 298. The van der Waals surface area contributed by atoms with Gasteiger partial charge in [-0.05, 0) is 0 Å². The number of carbonyl (C=O) groups is 1. The lowest BCUT2D eigenvalue weighted by atomic mass is 10.4. The molecule has 84 valence electrons. The topological polar surface area (TPSA) is 179 Å². The van der Waals surface area contributed by atoms with Crippen LogP contribution in [0, 0.1) is 30.3 Å². The van der Waals surface area contributed by atoms with Gasteiger partial charge in [0.15, 0.2) is 0 Å². The number of ether oxygens (including phenoxy) is 1. The van der Waals surface area contributed by atoms with Gasteiger partial charge in [0.1, 0.15) is 9.85 Å². The Balaban J connectivity index is 5.01. The van der Waals surface area contributed by atoms with Crippen LogP contribution in [0.15, 0.2) is 0 Å². The average molecular weight is 224 g/mol. The molecule has 0 fully saturated rings. The summed E-state index contributed by atoms with van der Waals surface area (Å²) in [7, 11) is 0. The van der Waals surface area contributed by atoms with Gasteiger partial charge in [-0.3, -0.25) is 30.3 Å². The second kappa shape index (κ2) is 4.64.